The average Bonchev–Trinajstić information content (AvgIpc) is 2.48. The van der Waals surface area contributed by atoms with Crippen LogP contribution < -0.4 is 24.0 Å². The van der Waals surface area contributed by atoms with Crippen LogP contribution in [-0.2, 0) is 9.53 Å². The third-order valence-corrected chi connectivity index (χ3v) is 8.86. The van der Waals surface area contributed by atoms with Crippen molar-refractivity contribution in [2.75, 3.05) is 31.3 Å². The number of hydrogen-bond donors (Lipinski definition) is 0. The molecule has 0 rings (SSSR count). The van der Waals surface area contributed by atoms with Gasteiger partial charge in [-0.05, 0) is 19.3 Å². The standard InChI is InChI=1S/C17H34O2P.HI/c1-5-9-13-20(14-10-6-2,15-11-7-3)16-12-19-17(18)8-4;/h8H,4-7,9-16H2,1-3H3;1H/q+1;/p-1. The fourth-order valence-electron chi connectivity index (χ4n) is 2.55. The lowest BCUT2D eigenvalue weighted by molar-refractivity contribution is -0.137. The first-order valence-corrected chi connectivity index (χ1v) is 10.8. The minimum Gasteiger partial charge on any atom is -1.00 e. The van der Waals surface area contributed by atoms with Gasteiger partial charge in [-0.15, -0.1) is 0 Å². The number of unbranched alkanes of at least 4 members (excludes halogenated alkanes) is 3. The third kappa shape index (κ3) is 11.6. The van der Waals surface area contributed by atoms with E-state index in [4.69, 9.17) is 4.74 Å². The molecule has 0 fully saturated rings. The van der Waals surface area contributed by atoms with E-state index in [1.807, 2.05) is 0 Å². The quantitative estimate of drug-likeness (QED) is 0.195. The van der Waals surface area contributed by atoms with E-state index in [-0.39, 0.29) is 29.9 Å². The summed E-state index contributed by atoms with van der Waals surface area (Å²) in [6, 6.07) is 0. The van der Waals surface area contributed by atoms with Gasteiger partial charge in [0.2, 0.25) is 0 Å². The van der Waals surface area contributed by atoms with Gasteiger partial charge in [-0.2, -0.15) is 0 Å². The normalized spacial score (nSPS) is 10.8. The molecule has 0 amide bonds. The van der Waals surface area contributed by atoms with Crippen molar-refractivity contribution in [2.45, 2.75) is 59.3 Å². The molecule has 0 aromatic rings. The molecule has 0 aliphatic heterocycles. The molecule has 0 radical (unpaired) electrons. The van der Waals surface area contributed by atoms with Gasteiger partial charge in [0.15, 0.2) is 0 Å². The molecule has 0 unspecified atom stereocenters. The van der Waals surface area contributed by atoms with Crippen molar-refractivity contribution in [1.29, 1.82) is 0 Å². The largest absolute Gasteiger partial charge is 1.00 e. The Morgan fingerprint density at radius 2 is 1.38 bits per heavy atom. The molecule has 21 heavy (non-hydrogen) atoms. The molecule has 0 aromatic carbocycles. The van der Waals surface area contributed by atoms with Crippen molar-refractivity contribution in [3.63, 3.8) is 0 Å². The summed E-state index contributed by atoms with van der Waals surface area (Å²) in [5, 5.41) is 0. The second-order valence-corrected chi connectivity index (χ2v) is 10.1. The topological polar surface area (TPSA) is 26.3 Å². The average molecular weight is 428 g/mol. The van der Waals surface area contributed by atoms with Crippen molar-refractivity contribution in [2.24, 2.45) is 0 Å². The van der Waals surface area contributed by atoms with Gasteiger partial charge in [-0.3, -0.25) is 0 Å². The summed E-state index contributed by atoms with van der Waals surface area (Å²) in [7, 11) is -0.924. The molecule has 0 N–H and O–H groups in total. The van der Waals surface area contributed by atoms with E-state index in [0.29, 0.717) is 6.61 Å². The second-order valence-electron chi connectivity index (χ2n) is 5.67. The van der Waals surface area contributed by atoms with Crippen LogP contribution in [0, 0.1) is 0 Å². The molecule has 0 aliphatic carbocycles. The first-order chi connectivity index (χ1) is 9.64. The smallest absolute Gasteiger partial charge is 0.330 e. The van der Waals surface area contributed by atoms with Crippen molar-refractivity contribution in [3.05, 3.63) is 12.7 Å². The highest BCUT2D eigenvalue weighted by molar-refractivity contribution is 7.75. The lowest BCUT2D eigenvalue weighted by Gasteiger charge is -2.27. The Balaban J connectivity index is 0. The number of hydrogen-bond acceptors (Lipinski definition) is 2. The fraction of sp³-hybridized carbons (Fsp3) is 0.824. The molecular formula is C17H34IO2P. The number of rotatable bonds is 13. The van der Waals surface area contributed by atoms with E-state index in [1.54, 1.807) is 0 Å². The molecule has 0 aliphatic rings. The number of esters is 1. The maximum absolute atomic E-state index is 11.2. The number of carbonyl (C=O) groups excluding carboxylic acids is 1. The summed E-state index contributed by atoms with van der Waals surface area (Å²) < 4.78 is 5.26. The van der Waals surface area contributed by atoms with Crippen molar-refractivity contribution >= 4 is 13.2 Å². The predicted molar refractivity (Wildman–Crippen MR) is 92.3 cm³/mol. The van der Waals surface area contributed by atoms with E-state index in [9.17, 15) is 4.79 Å². The van der Waals surface area contributed by atoms with Crippen LogP contribution in [0.1, 0.15) is 59.3 Å². The lowest BCUT2D eigenvalue weighted by atomic mass is 10.4. The molecule has 0 saturated carbocycles. The second kappa shape index (κ2) is 15.3. The molecule has 0 saturated heterocycles. The monoisotopic (exact) mass is 428 g/mol. The summed E-state index contributed by atoms with van der Waals surface area (Å²) in [6.45, 7) is 10.9. The van der Waals surface area contributed by atoms with Crippen molar-refractivity contribution in [3.8, 4) is 0 Å². The molecule has 0 heterocycles. The van der Waals surface area contributed by atoms with Crippen LogP contribution in [0.2, 0.25) is 0 Å². The predicted octanol–water partition coefficient (Wildman–Crippen LogP) is 2.14. The summed E-state index contributed by atoms with van der Waals surface area (Å²) in [6.07, 6.45) is 14.3. The molecule has 0 aromatic heterocycles. The molecule has 0 atom stereocenters. The van der Waals surface area contributed by atoms with Gasteiger partial charge < -0.3 is 28.7 Å². The lowest BCUT2D eigenvalue weighted by Crippen LogP contribution is -3.00. The Labute approximate surface area is 149 Å². The zero-order valence-corrected chi connectivity index (χ0v) is 17.3. The Morgan fingerprint density at radius 1 is 0.952 bits per heavy atom. The van der Waals surface area contributed by atoms with Crippen LogP contribution in [0.15, 0.2) is 12.7 Å². The van der Waals surface area contributed by atoms with Crippen molar-refractivity contribution in [1.82, 2.24) is 0 Å². The fourth-order valence-corrected chi connectivity index (χ4v) is 7.33. The summed E-state index contributed by atoms with van der Waals surface area (Å²) in [5.74, 6) is -0.274. The van der Waals surface area contributed by atoms with Gasteiger partial charge >= 0.3 is 5.97 Å². The minimum atomic E-state index is -0.924. The van der Waals surface area contributed by atoms with Crippen LogP contribution in [0.5, 0.6) is 0 Å². The van der Waals surface area contributed by atoms with Crippen LogP contribution in [-0.4, -0.2) is 37.2 Å². The van der Waals surface area contributed by atoms with E-state index in [2.05, 4.69) is 27.4 Å². The van der Waals surface area contributed by atoms with Gasteiger partial charge in [0.1, 0.15) is 6.61 Å². The van der Waals surface area contributed by atoms with E-state index >= 15 is 0 Å². The SMILES string of the molecule is C=CC(=O)OCC[P+](CCCC)(CCCC)CCCC.[I-]. The highest BCUT2D eigenvalue weighted by atomic mass is 127. The maximum atomic E-state index is 11.2. The Bertz CT molecular complexity index is 248. The number of ether oxygens (including phenoxy) is 1. The first kappa shape index (κ1) is 23.6. The summed E-state index contributed by atoms with van der Waals surface area (Å²) >= 11 is 0. The third-order valence-electron chi connectivity index (χ3n) is 3.93. The van der Waals surface area contributed by atoms with E-state index < -0.39 is 7.26 Å². The van der Waals surface area contributed by atoms with Gasteiger partial charge in [0, 0.05) is 13.3 Å². The Kier molecular flexibility index (Phi) is 17.2. The van der Waals surface area contributed by atoms with Crippen LogP contribution >= 0.6 is 7.26 Å². The van der Waals surface area contributed by atoms with Gasteiger partial charge in [-0.25, -0.2) is 4.79 Å². The number of carbonyl (C=O) groups is 1. The molecule has 0 spiro atoms. The maximum Gasteiger partial charge on any atom is 0.330 e. The highest BCUT2D eigenvalue weighted by Crippen LogP contribution is 2.60. The van der Waals surface area contributed by atoms with Gasteiger partial charge in [-0.1, -0.05) is 46.6 Å². The highest BCUT2D eigenvalue weighted by Gasteiger charge is 2.35. The van der Waals surface area contributed by atoms with Crippen molar-refractivity contribution < 1.29 is 33.5 Å². The summed E-state index contributed by atoms with van der Waals surface area (Å²) in [4.78, 5) is 11.2. The zero-order valence-electron chi connectivity index (χ0n) is 14.2. The van der Waals surface area contributed by atoms with E-state index in [0.717, 1.165) is 6.16 Å². The zero-order chi connectivity index (χ0) is 15.3. The molecule has 126 valence electrons. The molecule has 2 nitrogen and oxygen atoms in total. The van der Waals surface area contributed by atoms with Gasteiger partial charge in [0.05, 0.1) is 24.6 Å². The number of halogens is 1. The molecular weight excluding hydrogens is 394 g/mol. The first-order valence-electron chi connectivity index (χ1n) is 8.28. The summed E-state index contributed by atoms with van der Waals surface area (Å²) in [5.41, 5.74) is 0. The Hall–Kier alpha value is 0.370. The van der Waals surface area contributed by atoms with Crippen LogP contribution in [0.25, 0.3) is 0 Å². The van der Waals surface area contributed by atoms with Crippen LogP contribution in [0.4, 0.5) is 0 Å². The van der Waals surface area contributed by atoms with Gasteiger partial charge in [0.25, 0.3) is 0 Å². The van der Waals surface area contributed by atoms with Crippen LogP contribution in [0.3, 0.4) is 0 Å². The molecule has 0 bridgehead atoms. The Morgan fingerprint density at radius 3 is 1.71 bits per heavy atom. The van der Waals surface area contributed by atoms with E-state index in [1.165, 1.54) is 63.1 Å². The minimum absolute atomic E-state index is 0. The molecule has 4 heteroatoms.